The number of ether oxygens (including phenoxy) is 8. The molecule has 109 heavy (non-hydrogen) atoms. The number of fused-ring (bicyclic) bond motifs is 1. The van der Waals surface area contributed by atoms with Crippen molar-refractivity contribution in [2.75, 3.05) is 50.7 Å². The molecule has 0 saturated carbocycles. The zero-order valence-electron chi connectivity index (χ0n) is 60.8. The largest absolute Gasteiger partial charge is 0.394 e. The fraction of sp³-hybridized carbons (Fsp3) is 0.731. The smallest absolute Gasteiger partial charge is 0.315 e. The fourth-order valence-electron chi connectivity index (χ4n) is 13.8. The van der Waals surface area contributed by atoms with Gasteiger partial charge in [0, 0.05) is 88.2 Å². The third-order valence-electron chi connectivity index (χ3n) is 19.3. The lowest BCUT2D eigenvalue weighted by Crippen LogP contribution is -2.69. The molecule has 3 aromatic rings. The number of aliphatic hydroxyl groups excluding tert-OH is 10. The summed E-state index contributed by atoms with van der Waals surface area (Å²) < 4.78 is 50.5. The minimum Gasteiger partial charge on any atom is -0.394 e. The van der Waals surface area contributed by atoms with Crippen molar-refractivity contribution < 1.29 is 127 Å². The van der Waals surface area contributed by atoms with Crippen LogP contribution < -0.4 is 47.9 Å². The van der Waals surface area contributed by atoms with Crippen LogP contribution in [0.3, 0.4) is 0 Å². The Hall–Kier alpha value is -7.31. The van der Waals surface area contributed by atoms with Crippen LogP contribution in [0, 0.1) is 0 Å². The summed E-state index contributed by atoms with van der Waals surface area (Å²) in [6, 6.07) is -0.989. The van der Waals surface area contributed by atoms with Crippen molar-refractivity contribution in [3.63, 3.8) is 0 Å². The van der Waals surface area contributed by atoms with E-state index in [1.807, 2.05) is 0 Å². The minimum atomic E-state index is -1.67. The Bertz CT molecular complexity index is 3500. The van der Waals surface area contributed by atoms with Crippen LogP contribution >= 0.6 is 11.8 Å². The van der Waals surface area contributed by atoms with E-state index in [4.69, 9.17) is 37.9 Å². The van der Waals surface area contributed by atoms with Crippen LogP contribution in [0.25, 0.3) is 0 Å². The van der Waals surface area contributed by atoms with Gasteiger partial charge in [-0.1, -0.05) is 29.7 Å². The zero-order valence-corrected chi connectivity index (χ0v) is 61.6. The molecule has 41 nitrogen and oxygen atoms in total. The number of thioether (sulfide) groups is 1. The number of nitrogens with zero attached hydrogens (tertiary/aromatic N) is 6. The minimum absolute atomic E-state index is 0.0276. The van der Waals surface area contributed by atoms with Crippen LogP contribution in [0.1, 0.15) is 130 Å². The van der Waals surface area contributed by atoms with Gasteiger partial charge in [-0.15, -0.1) is 10.2 Å². The molecule has 23 atom stereocenters. The number of aliphatic hydroxyl groups is 10. The molecule has 0 radical (unpaired) electrons. The van der Waals surface area contributed by atoms with E-state index in [0.29, 0.717) is 75.8 Å². The molecule has 6 fully saturated rings. The quantitative estimate of drug-likeness (QED) is 0.0187. The maximum Gasteiger partial charge on any atom is 0.315 e. The molecule has 6 aliphatic heterocycles. The second kappa shape index (κ2) is 41.3. The van der Waals surface area contributed by atoms with E-state index in [1.165, 1.54) is 32.0 Å². The molecule has 6 saturated heterocycles. The topological polar surface area (TPSA) is 582 Å². The van der Waals surface area contributed by atoms with Gasteiger partial charge in [0.15, 0.2) is 25.2 Å². The first-order chi connectivity index (χ1) is 52.2. The Morgan fingerprint density at radius 3 is 1.39 bits per heavy atom. The summed E-state index contributed by atoms with van der Waals surface area (Å²) in [5, 5.41) is 147. The number of anilines is 1. The third kappa shape index (κ3) is 23.6. The van der Waals surface area contributed by atoms with E-state index in [9.17, 15) is 89.4 Å². The highest BCUT2D eigenvalue weighted by Crippen LogP contribution is 2.35. The second-order valence-corrected chi connectivity index (χ2v) is 29.0. The number of hydrogen-bond donors (Lipinski definition) is 19. The number of nitrogens with one attached hydrogen (secondary N) is 9. The van der Waals surface area contributed by atoms with Crippen LogP contribution in [-0.4, -0.2) is 314 Å². The fourth-order valence-corrected chi connectivity index (χ4v) is 15.3. The lowest BCUT2D eigenvalue weighted by molar-refractivity contribution is -0.332. The van der Waals surface area contributed by atoms with Crippen LogP contribution in [0.5, 0.6) is 0 Å². The Morgan fingerprint density at radius 1 is 0.523 bits per heavy atom. The average molecular weight is 1570 g/mol. The van der Waals surface area contributed by atoms with Gasteiger partial charge in [-0.3, -0.25) is 42.9 Å². The van der Waals surface area contributed by atoms with Gasteiger partial charge in [0.05, 0.1) is 64.0 Å². The number of carbonyl (C=O) groups excluding carboxylic acids is 8. The number of aromatic nitrogens is 6. The van der Waals surface area contributed by atoms with Gasteiger partial charge in [0.25, 0.3) is 11.8 Å². The van der Waals surface area contributed by atoms with Crippen molar-refractivity contribution in [2.45, 2.75) is 264 Å². The van der Waals surface area contributed by atoms with E-state index in [0.717, 1.165) is 32.4 Å². The Balaban J connectivity index is 0.729. The third-order valence-corrected chi connectivity index (χ3v) is 20.8. The molecule has 0 aliphatic carbocycles. The van der Waals surface area contributed by atoms with Crippen LogP contribution in [0.15, 0.2) is 30.6 Å². The summed E-state index contributed by atoms with van der Waals surface area (Å²) in [5.74, 6) is -3.05. The molecule has 0 spiro atoms. The number of benzene rings is 1. The maximum absolute atomic E-state index is 13.9. The Labute approximate surface area is 630 Å². The summed E-state index contributed by atoms with van der Waals surface area (Å²) in [4.78, 5) is 102. The van der Waals surface area contributed by atoms with Crippen molar-refractivity contribution in [3.05, 3.63) is 53.1 Å². The summed E-state index contributed by atoms with van der Waals surface area (Å²) in [6.45, 7) is 2.79. The van der Waals surface area contributed by atoms with Crippen LogP contribution in [0.4, 0.5) is 10.5 Å². The summed E-state index contributed by atoms with van der Waals surface area (Å²) in [5.41, 5.74) is 1.13. The van der Waals surface area contributed by atoms with E-state index in [2.05, 4.69) is 68.5 Å². The predicted octanol–water partition coefficient (Wildman–Crippen LogP) is -6.02. The lowest BCUT2D eigenvalue weighted by Gasteiger charge is -2.48. The van der Waals surface area contributed by atoms with Gasteiger partial charge in [-0.2, -0.15) is 11.8 Å². The standard InChI is InChI=1S/C67H103N15O26S/c1-32(87)70-49-55(94)53(92)42(27-83)103-65(49)107-59-44(29-85)105-63(51(57(59)96)72-34(3)89)101-18-12-6-5-10-16-81-25-39(77-79-81)23-68-61(98)36-20-37(22-38(21-36)74-47(91)15-9-8-14-46-48-41(31-109-46)75-67(100)76-48)62(99)69-24-40-26-82(80-78-40)17-11-7-13-19-102-64-52(73-35(4)90)58(97)60(45(30-86)106-64)108-66-50(71-33(2)88)56(95)54(93)43(28-84)104-66/h20-22,25-26,41-46,48-60,63-66,83-86,92-97H,5-19,23-24,27-31H2,1-4H3,(H,68,98)(H,69,99)(H,70,87)(H,71,88)(H,72,89)(H,73,90)(H,74,91)(H2,75,76,100)/t41-,42?,43?,44?,45?,46-,48-,49?,50?,51?,52?,53+,54+,55-,56-,57-,58-,59+,60+,63-,64-,65?,66-/m1/s1. The lowest BCUT2D eigenvalue weighted by atomic mass is 9.94. The van der Waals surface area contributed by atoms with Gasteiger partial charge in [0.1, 0.15) is 109 Å². The second-order valence-electron chi connectivity index (χ2n) is 27.7. The Kier molecular flexibility index (Phi) is 32.5. The number of rotatable bonds is 39. The van der Waals surface area contributed by atoms with Crippen molar-refractivity contribution in [1.82, 2.24) is 72.5 Å². The first kappa shape index (κ1) is 85.7. The van der Waals surface area contributed by atoms with Crippen LogP contribution in [-0.2, 0) is 88.0 Å². The SMILES string of the molecule is CC(=O)NC1C(O[C@H]2C(CO)O[C@@H](OCCCCCCn3cc(CNC(=O)c4cc(NC(=O)CCCC[C@H]5SC[C@H]6NC(=O)N[C@H]65)cc(C(=O)NCc5cn(CCCCCO[C@@H]6OC(CO)[C@H](O[C@H]7OC(CO)[C@H](O)[C@H](O)C7NC(C)=O)[C@H](O)C6NC(C)=O)nn5)c4)nn3)C(NC(C)=O)[C@H]2O)OC(CO)[C@H](O)[C@@H]1O. The molecule has 608 valence electrons. The van der Waals surface area contributed by atoms with Gasteiger partial charge >= 0.3 is 6.03 Å². The van der Waals surface area contributed by atoms with E-state index in [1.54, 1.807) is 33.5 Å². The predicted molar refractivity (Wildman–Crippen MR) is 375 cm³/mol. The molecule has 1 aromatic carbocycles. The highest BCUT2D eigenvalue weighted by Gasteiger charge is 2.54. The molecular formula is C67H103N15O26S. The molecule has 19 N–H and O–H groups in total. The van der Waals surface area contributed by atoms with E-state index in [-0.39, 0.29) is 78.8 Å². The molecule has 0 bridgehead atoms. The molecule has 42 heteroatoms. The zero-order chi connectivity index (χ0) is 78.6. The molecule has 2 aromatic heterocycles. The van der Waals surface area contributed by atoms with Gasteiger partial charge in [-0.05, 0) is 63.1 Å². The normalized spacial score (nSPS) is 31.5. The monoisotopic (exact) mass is 1570 g/mol. The van der Waals surface area contributed by atoms with Crippen molar-refractivity contribution in [1.29, 1.82) is 0 Å². The van der Waals surface area contributed by atoms with Crippen molar-refractivity contribution in [3.8, 4) is 0 Å². The number of urea groups is 1. The number of amides is 9. The van der Waals surface area contributed by atoms with E-state index >= 15 is 0 Å². The van der Waals surface area contributed by atoms with Crippen LogP contribution in [0.2, 0.25) is 0 Å². The molecule has 9 rings (SSSR count). The summed E-state index contributed by atoms with van der Waals surface area (Å²) in [6.07, 6.45) is -13.8. The maximum atomic E-state index is 13.9. The average Bonchev–Trinajstić information content (AvgIpc) is 1.72. The van der Waals surface area contributed by atoms with E-state index < -0.39 is 184 Å². The highest BCUT2D eigenvalue weighted by molar-refractivity contribution is 8.00. The summed E-state index contributed by atoms with van der Waals surface area (Å²) in [7, 11) is 0. The highest BCUT2D eigenvalue weighted by atomic mass is 32.2. The molecule has 8 heterocycles. The number of hydrogen-bond acceptors (Lipinski definition) is 31. The first-order valence-corrected chi connectivity index (χ1v) is 37.6. The van der Waals surface area contributed by atoms with Gasteiger partial charge < -0.3 is 137 Å². The van der Waals surface area contributed by atoms with Gasteiger partial charge in [-0.25, -0.2) is 4.79 Å². The molecule has 6 aliphatic rings. The number of unbranched alkanes of at least 4 members (excludes halogenated alkanes) is 6. The number of aryl methyl sites for hydroxylation is 2. The molecule has 9 unspecified atom stereocenters. The van der Waals surface area contributed by atoms with Crippen molar-refractivity contribution in [2.24, 2.45) is 0 Å². The molecule has 9 amide bonds. The Morgan fingerprint density at radius 2 is 0.945 bits per heavy atom. The number of carbonyl (C=O) groups is 8. The van der Waals surface area contributed by atoms with Crippen molar-refractivity contribution >= 4 is 64.8 Å². The van der Waals surface area contributed by atoms with Gasteiger partial charge in [0.2, 0.25) is 29.5 Å². The molecular weight excluding hydrogens is 1460 g/mol. The summed E-state index contributed by atoms with van der Waals surface area (Å²) >= 11 is 1.78. The first-order valence-electron chi connectivity index (χ1n) is 36.5.